The van der Waals surface area contributed by atoms with Crippen molar-refractivity contribution in [2.75, 3.05) is 11.9 Å². The van der Waals surface area contributed by atoms with Gasteiger partial charge < -0.3 is 15.8 Å². The molecule has 1 amide bonds. The summed E-state index contributed by atoms with van der Waals surface area (Å²) < 4.78 is 33.1. The zero-order chi connectivity index (χ0) is 16.1. The van der Waals surface area contributed by atoms with Crippen LogP contribution in [0, 0.1) is 11.6 Å². The fourth-order valence-corrected chi connectivity index (χ4v) is 1.96. The maximum atomic E-state index is 14.1. The summed E-state index contributed by atoms with van der Waals surface area (Å²) in [7, 11) is 0. The molecule has 0 saturated heterocycles. The molecule has 0 aliphatic heterocycles. The van der Waals surface area contributed by atoms with Gasteiger partial charge in [0.25, 0.3) is 5.91 Å². The molecule has 0 bridgehead atoms. The van der Waals surface area contributed by atoms with Crippen molar-refractivity contribution in [1.29, 1.82) is 0 Å². The Hall–Kier alpha value is -2.47. The highest BCUT2D eigenvalue weighted by Crippen LogP contribution is 2.26. The van der Waals surface area contributed by atoms with E-state index in [1.165, 1.54) is 24.3 Å². The first-order chi connectivity index (χ1) is 10.5. The maximum Gasteiger partial charge on any atom is 0.250 e. The van der Waals surface area contributed by atoms with Gasteiger partial charge in [-0.3, -0.25) is 4.79 Å². The van der Waals surface area contributed by atoms with Crippen LogP contribution in [0.3, 0.4) is 0 Å². The van der Waals surface area contributed by atoms with Gasteiger partial charge in [0.1, 0.15) is 11.6 Å². The van der Waals surface area contributed by atoms with Crippen molar-refractivity contribution in [2.45, 2.75) is 13.5 Å². The second kappa shape index (κ2) is 7.00. The standard InChI is InChI=1S/C16H16F2N2O2/c1-2-22-9-10-6-7-14(13(18)8-10)20-15-11(16(19)21)4-3-5-12(15)17/h3-8,20H,2,9H2,1H3,(H2,19,21). The third kappa shape index (κ3) is 3.59. The maximum absolute atomic E-state index is 14.1. The molecule has 3 N–H and O–H groups in total. The van der Waals surface area contributed by atoms with E-state index in [1.54, 1.807) is 6.07 Å². The van der Waals surface area contributed by atoms with Crippen molar-refractivity contribution in [3.63, 3.8) is 0 Å². The number of benzene rings is 2. The Bertz CT molecular complexity index is 690. The van der Waals surface area contributed by atoms with Crippen molar-refractivity contribution >= 4 is 17.3 Å². The lowest BCUT2D eigenvalue weighted by molar-refractivity contribution is 0.100. The van der Waals surface area contributed by atoms with Crippen LogP contribution >= 0.6 is 0 Å². The van der Waals surface area contributed by atoms with Gasteiger partial charge in [-0.25, -0.2) is 8.78 Å². The van der Waals surface area contributed by atoms with Gasteiger partial charge in [-0.15, -0.1) is 0 Å². The number of ether oxygens (including phenoxy) is 1. The number of halogens is 2. The van der Waals surface area contributed by atoms with Gasteiger partial charge >= 0.3 is 0 Å². The van der Waals surface area contributed by atoms with Gasteiger partial charge in [0.15, 0.2) is 0 Å². The third-order valence-corrected chi connectivity index (χ3v) is 3.05. The molecule has 116 valence electrons. The summed E-state index contributed by atoms with van der Waals surface area (Å²) in [6.45, 7) is 2.66. The molecule has 0 radical (unpaired) electrons. The quantitative estimate of drug-likeness (QED) is 0.860. The largest absolute Gasteiger partial charge is 0.377 e. The summed E-state index contributed by atoms with van der Waals surface area (Å²) in [6.07, 6.45) is 0. The topological polar surface area (TPSA) is 64.3 Å². The highest BCUT2D eigenvalue weighted by Gasteiger charge is 2.14. The lowest BCUT2D eigenvalue weighted by atomic mass is 10.1. The number of anilines is 2. The van der Waals surface area contributed by atoms with Crippen LogP contribution in [0.4, 0.5) is 20.2 Å². The van der Waals surface area contributed by atoms with Crippen LogP contribution < -0.4 is 11.1 Å². The van der Waals surface area contributed by atoms with E-state index in [0.717, 1.165) is 6.07 Å². The lowest BCUT2D eigenvalue weighted by Crippen LogP contribution is -2.14. The molecule has 6 heteroatoms. The Balaban J connectivity index is 2.30. The van der Waals surface area contributed by atoms with Crippen LogP contribution in [0.1, 0.15) is 22.8 Å². The minimum Gasteiger partial charge on any atom is -0.377 e. The second-order valence-electron chi connectivity index (χ2n) is 4.60. The summed E-state index contributed by atoms with van der Waals surface area (Å²) in [6, 6.07) is 8.31. The van der Waals surface area contributed by atoms with E-state index >= 15 is 0 Å². The smallest absolute Gasteiger partial charge is 0.250 e. The van der Waals surface area contributed by atoms with E-state index in [4.69, 9.17) is 10.5 Å². The number of carbonyl (C=O) groups is 1. The molecule has 0 aliphatic carbocycles. The van der Waals surface area contributed by atoms with Crippen molar-refractivity contribution in [3.8, 4) is 0 Å². The molecule has 0 heterocycles. The van der Waals surface area contributed by atoms with Gasteiger partial charge in [0.05, 0.1) is 23.5 Å². The highest BCUT2D eigenvalue weighted by atomic mass is 19.1. The SMILES string of the molecule is CCOCc1ccc(Nc2c(F)cccc2C(N)=O)c(F)c1. The van der Waals surface area contributed by atoms with Gasteiger partial charge in [0, 0.05) is 6.61 Å². The number of carbonyl (C=O) groups excluding carboxylic acids is 1. The molecule has 2 rings (SSSR count). The summed E-state index contributed by atoms with van der Waals surface area (Å²) in [5, 5.41) is 2.58. The summed E-state index contributed by atoms with van der Waals surface area (Å²) in [5.41, 5.74) is 5.72. The molecule has 2 aromatic carbocycles. The van der Waals surface area contributed by atoms with Crippen LogP contribution in [-0.2, 0) is 11.3 Å². The first-order valence-electron chi connectivity index (χ1n) is 6.74. The van der Waals surface area contributed by atoms with Gasteiger partial charge in [-0.2, -0.15) is 0 Å². The zero-order valence-electron chi connectivity index (χ0n) is 12.0. The van der Waals surface area contributed by atoms with E-state index in [9.17, 15) is 13.6 Å². The number of primary amides is 1. The minimum absolute atomic E-state index is 0.0437. The Kier molecular flexibility index (Phi) is 5.06. The van der Waals surface area contributed by atoms with Gasteiger partial charge in [0.2, 0.25) is 0 Å². The first-order valence-corrected chi connectivity index (χ1v) is 6.74. The fraction of sp³-hybridized carbons (Fsp3) is 0.188. The van der Waals surface area contributed by atoms with Crippen LogP contribution in [0.5, 0.6) is 0 Å². The molecule has 0 unspecified atom stereocenters. The fourth-order valence-electron chi connectivity index (χ4n) is 1.96. The summed E-state index contributed by atoms with van der Waals surface area (Å²) in [5.74, 6) is -2.06. The average Bonchev–Trinajstić information content (AvgIpc) is 2.49. The number of amides is 1. The lowest BCUT2D eigenvalue weighted by Gasteiger charge is -2.12. The third-order valence-electron chi connectivity index (χ3n) is 3.05. The number of nitrogens with one attached hydrogen (secondary N) is 1. The Morgan fingerprint density at radius 3 is 2.64 bits per heavy atom. The van der Waals surface area contributed by atoms with Gasteiger partial charge in [-0.1, -0.05) is 12.1 Å². The zero-order valence-corrected chi connectivity index (χ0v) is 12.0. The average molecular weight is 306 g/mol. The summed E-state index contributed by atoms with van der Waals surface area (Å²) >= 11 is 0. The van der Waals surface area contributed by atoms with E-state index in [1.807, 2.05) is 6.92 Å². The molecule has 0 saturated carbocycles. The van der Waals surface area contributed by atoms with Crippen molar-refractivity contribution in [1.82, 2.24) is 0 Å². The van der Waals surface area contributed by atoms with Crippen LogP contribution in [0.2, 0.25) is 0 Å². The van der Waals surface area contributed by atoms with Crippen molar-refractivity contribution in [2.24, 2.45) is 5.73 Å². The number of rotatable bonds is 6. The number of nitrogens with two attached hydrogens (primary N) is 1. The van der Waals surface area contributed by atoms with Crippen molar-refractivity contribution in [3.05, 3.63) is 59.2 Å². The van der Waals surface area contributed by atoms with Crippen molar-refractivity contribution < 1.29 is 18.3 Å². The molecule has 0 aliphatic rings. The number of para-hydroxylation sites is 1. The van der Waals surface area contributed by atoms with E-state index in [0.29, 0.717) is 18.8 Å². The summed E-state index contributed by atoms with van der Waals surface area (Å²) in [4.78, 5) is 11.3. The number of hydrogen-bond donors (Lipinski definition) is 2. The molecule has 0 atom stereocenters. The molecule has 4 nitrogen and oxygen atoms in total. The molecule has 0 aromatic heterocycles. The first kappa shape index (κ1) is 15.9. The molecule has 2 aromatic rings. The molecular formula is C16H16F2N2O2. The van der Waals surface area contributed by atoms with Crippen LogP contribution in [-0.4, -0.2) is 12.5 Å². The van der Waals surface area contributed by atoms with E-state index < -0.39 is 17.5 Å². The van der Waals surface area contributed by atoms with Crippen LogP contribution in [0.25, 0.3) is 0 Å². The Morgan fingerprint density at radius 2 is 2.00 bits per heavy atom. The number of hydrogen-bond acceptors (Lipinski definition) is 3. The monoisotopic (exact) mass is 306 g/mol. The predicted molar refractivity (Wildman–Crippen MR) is 79.9 cm³/mol. The van der Waals surface area contributed by atoms with E-state index in [-0.39, 0.29) is 16.9 Å². The molecule has 0 fully saturated rings. The molecule has 22 heavy (non-hydrogen) atoms. The Labute approximate surface area is 126 Å². The Morgan fingerprint density at radius 1 is 1.23 bits per heavy atom. The second-order valence-corrected chi connectivity index (χ2v) is 4.60. The normalized spacial score (nSPS) is 10.5. The minimum atomic E-state index is -0.796. The predicted octanol–water partition coefficient (Wildman–Crippen LogP) is 3.34. The van der Waals surface area contributed by atoms with Gasteiger partial charge in [-0.05, 0) is 36.8 Å². The molecular weight excluding hydrogens is 290 g/mol. The van der Waals surface area contributed by atoms with E-state index in [2.05, 4.69) is 5.32 Å². The molecule has 0 spiro atoms. The highest BCUT2D eigenvalue weighted by molar-refractivity contribution is 5.99. The van der Waals surface area contributed by atoms with Crippen LogP contribution in [0.15, 0.2) is 36.4 Å².